The number of aromatic nitrogens is 1. The highest BCUT2D eigenvalue weighted by molar-refractivity contribution is 5.31. The van der Waals surface area contributed by atoms with E-state index in [0.717, 1.165) is 6.42 Å². The first-order chi connectivity index (χ1) is 6.59. The summed E-state index contributed by atoms with van der Waals surface area (Å²) < 4.78 is 5.55. The van der Waals surface area contributed by atoms with Crippen molar-refractivity contribution in [1.29, 1.82) is 0 Å². The number of nitrogens with two attached hydrogens (primary N) is 1. The highest BCUT2D eigenvalue weighted by Crippen LogP contribution is 2.19. The van der Waals surface area contributed by atoms with E-state index in [0.29, 0.717) is 11.7 Å². The molecule has 74 valence electrons. The van der Waals surface area contributed by atoms with Crippen LogP contribution in [0.5, 0.6) is 5.88 Å². The Balaban J connectivity index is 2.84. The molecule has 0 aromatic carbocycles. The summed E-state index contributed by atoms with van der Waals surface area (Å²) in [6.07, 6.45) is 6.09. The van der Waals surface area contributed by atoms with Crippen LogP contribution >= 0.6 is 0 Å². The molecule has 1 rings (SSSR count). The van der Waals surface area contributed by atoms with Crippen LogP contribution in [0, 0.1) is 12.3 Å². The van der Waals surface area contributed by atoms with E-state index >= 15 is 0 Å². The molecule has 0 fully saturated rings. The number of nitrogen functional groups attached to an aromatic ring is 1. The molecule has 1 unspecified atom stereocenters. The number of rotatable bonds is 3. The first kappa shape index (κ1) is 10.4. The predicted molar refractivity (Wildman–Crippen MR) is 56.8 cm³/mol. The first-order valence-corrected chi connectivity index (χ1v) is 4.49. The van der Waals surface area contributed by atoms with Gasteiger partial charge in [-0.15, -0.1) is 6.42 Å². The summed E-state index contributed by atoms with van der Waals surface area (Å²) >= 11 is 0. The molecule has 0 aliphatic heterocycles. The zero-order valence-electron chi connectivity index (χ0n) is 8.45. The molecule has 3 nitrogen and oxygen atoms in total. The van der Waals surface area contributed by atoms with E-state index in [1.807, 2.05) is 13.8 Å². The van der Waals surface area contributed by atoms with Gasteiger partial charge in [-0.1, -0.05) is 18.9 Å². The number of ether oxygens (including phenoxy) is 1. The Hall–Kier alpha value is -1.69. The Morgan fingerprint density at radius 2 is 2.36 bits per heavy atom. The molecule has 0 amide bonds. The maximum absolute atomic E-state index is 5.55. The highest BCUT2D eigenvalue weighted by atomic mass is 16.5. The van der Waals surface area contributed by atoms with Crippen LogP contribution in [-0.2, 0) is 0 Å². The smallest absolute Gasteiger partial charge is 0.216 e. The quantitative estimate of drug-likeness (QED) is 0.740. The molecular weight excluding hydrogens is 176 g/mol. The van der Waals surface area contributed by atoms with E-state index in [1.165, 1.54) is 0 Å². The van der Waals surface area contributed by atoms with Crippen molar-refractivity contribution in [3.05, 3.63) is 18.2 Å². The minimum atomic E-state index is -0.610. The average molecular weight is 190 g/mol. The molecule has 1 heterocycles. The second-order valence-corrected chi connectivity index (χ2v) is 3.23. The Labute approximate surface area is 84.3 Å². The normalized spacial score (nSPS) is 14.1. The van der Waals surface area contributed by atoms with E-state index in [2.05, 4.69) is 10.9 Å². The number of terminal acetylenes is 1. The minimum absolute atomic E-state index is 0.429. The van der Waals surface area contributed by atoms with Crippen molar-refractivity contribution in [1.82, 2.24) is 4.98 Å². The second kappa shape index (κ2) is 4.01. The zero-order valence-corrected chi connectivity index (χ0v) is 8.45. The van der Waals surface area contributed by atoms with E-state index in [-0.39, 0.29) is 0 Å². The van der Waals surface area contributed by atoms with E-state index in [9.17, 15) is 0 Å². The lowest BCUT2D eigenvalue weighted by atomic mass is 10.1. The van der Waals surface area contributed by atoms with Crippen LogP contribution in [-0.4, -0.2) is 10.6 Å². The summed E-state index contributed by atoms with van der Waals surface area (Å²) in [6.45, 7) is 3.81. The van der Waals surface area contributed by atoms with Crippen molar-refractivity contribution in [2.24, 2.45) is 0 Å². The predicted octanol–water partition coefficient (Wildman–Crippen LogP) is 1.84. The van der Waals surface area contributed by atoms with Crippen LogP contribution < -0.4 is 10.5 Å². The van der Waals surface area contributed by atoms with Crippen LogP contribution in [0.15, 0.2) is 18.2 Å². The van der Waals surface area contributed by atoms with Gasteiger partial charge >= 0.3 is 0 Å². The summed E-state index contributed by atoms with van der Waals surface area (Å²) in [4.78, 5) is 4.01. The van der Waals surface area contributed by atoms with E-state index in [1.54, 1.807) is 18.2 Å². The van der Waals surface area contributed by atoms with Gasteiger partial charge in [-0.2, -0.15) is 4.98 Å². The minimum Gasteiger partial charge on any atom is -0.458 e. The summed E-state index contributed by atoms with van der Waals surface area (Å²) in [5.41, 5.74) is 4.91. The number of nitrogens with zero attached hydrogens (tertiary/aromatic N) is 1. The van der Waals surface area contributed by atoms with Crippen molar-refractivity contribution in [3.63, 3.8) is 0 Å². The topological polar surface area (TPSA) is 48.1 Å². The molecule has 1 aromatic heterocycles. The second-order valence-electron chi connectivity index (χ2n) is 3.23. The molecule has 1 aromatic rings. The van der Waals surface area contributed by atoms with Gasteiger partial charge in [0.25, 0.3) is 0 Å². The standard InChI is InChI=1S/C11H14N2O/c1-4-11(3,5-2)14-10-8-6-7-9(12)13-10/h1,6-8H,5H2,2-3H3,(H2,12,13). The molecule has 0 saturated carbocycles. The zero-order chi connectivity index (χ0) is 10.6. The fraction of sp³-hybridized carbons (Fsp3) is 0.364. The maximum Gasteiger partial charge on any atom is 0.216 e. The lowest BCUT2D eigenvalue weighted by molar-refractivity contribution is 0.140. The molecule has 0 saturated heterocycles. The highest BCUT2D eigenvalue weighted by Gasteiger charge is 2.21. The largest absolute Gasteiger partial charge is 0.458 e. The van der Waals surface area contributed by atoms with Crippen LogP contribution in [0.2, 0.25) is 0 Å². The molecule has 3 heteroatoms. The average Bonchev–Trinajstić information content (AvgIpc) is 2.18. The van der Waals surface area contributed by atoms with Gasteiger partial charge in [0.2, 0.25) is 5.88 Å². The molecule has 0 aliphatic rings. The van der Waals surface area contributed by atoms with Gasteiger partial charge in [0, 0.05) is 6.07 Å². The van der Waals surface area contributed by atoms with Gasteiger partial charge in [-0.3, -0.25) is 0 Å². The summed E-state index contributed by atoms with van der Waals surface area (Å²) in [6, 6.07) is 5.22. The van der Waals surface area contributed by atoms with Gasteiger partial charge in [-0.25, -0.2) is 0 Å². The number of anilines is 1. The number of hydrogen-bond acceptors (Lipinski definition) is 3. The molecule has 0 aliphatic carbocycles. The third-order valence-corrected chi connectivity index (χ3v) is 2.05. The summed E-state index contributed by atoms with van der Waals surface area (Å²) in [5.74, 6) is 3.49. The van der Waals surface area contributed by atoms with E-state index < -0.39 is 5.60 Å². The van der Waals surface area contributed by atoms with Gasteiger partial charge < -0.3 is 10.5 Å². The van der Waals surface area contributed by atoms with Crippen molar-refractivity contribution in [3.8, 4) is 18.2 Å². The van der Waals surface area contributed by atoms with Crippen molar-refractivity contribution in [2.45, 2.75) is 25.9 Å². The van der Waals surface area contributed by atoms with Gasteiger partial charge in [0.15, 0.2) is 5.60 Å². The van der Waals surface area contributed by atoms with Gasteiger partial charge in [0.1, 0.15) is 5.82 Å². The molecule has 0 radical (unpaired) electrons. The van der Waals surface area contributed by atoms with Crippen molar-refractivity contribution < 1.29 is 4.74 Å². The fourth-order valence-electron chi connectivity index (χ4n) is 0.922. The Bertz CT molecular complexity index is 357. The Morgan fingerprint density at radius 1 is 1.64 bits per heavy atom. The SMILES string of the molecule is C#CC(C)(CC)Oc1cccc(N)n1. The molecule has 1 atom stereocenters. The first-order valence-electron chi connectivity index (χ1n) is 4.49. The molecule has 2 N–H and O–H groups in total. The molecule has 14 heavy (non-hydrogen) atoms. The third kappa shape index (κ3) is 2.40. The van der Waals surface area contributed by atoms with Gasteiger partial charge in [0.05, 0.1) is 0 Å². The van der Waals surface area contributed by atoms with E-state index in [4.69, 9.17) is 16.9 Å². The van der Waals surface area contributed by atoms with Crippen LogP contribution in [0.4, 0.5) is 5.82 Å². The van der Waals surface area contributed by atoms with Crippen LogP contribution in [0.25, 0.3) is 0 Å². The number of hydrogen-bond donors (Lipinski definition) is 1. The summed E-state index contributed by atoms with van der Waals surface area (Å²) in [5, 5.41) is 0. The lowest BCUT2D eigenvalue weighted by Crippen LogP contribution is -2.29. The molecular formula is C11H14N2O. The van der Waals surface area contributed by atoms with Gasteiger partial charge in [-0.05, 0) is 19.4 Å². The van der Waals surface area contributed by atoms with Crippen molar-refractivity contribution in [2.75, 3.05) is 5.73 Å². The third-order valence-electron chi connectivity index (χ3n) is 2.05. The lowest BCUT2D eigenvalue weighted by Gasteiger charge is -2.22. The monoisotopic (exact) mass is 190 g/mol. The van der Waals surface area contributed by atoms with Crippen molar-refractivity contribution >= 4 is 5.82 Å². The molecule has 0 spiro atoms. The Morgan fingerprint density at radius 3 is 2.86 bits per heavy atom. The van der Waals surface area contributed by atoms with Crippen LogP contribution in [0.3, 0.4) is 0 Å². The molecule has 0 bridgehead atoms. The Kier molecular flexibility index (Phi) is 2.98. The fourth-order valence-corrected chi connectivity index (χ4v) is 0.922. The van der Waals surface area contributed by atoms with Crippen LogP contribution in [0.1, 0.15) is 20.3 Å². The number of pyridine rings is 1. The maximum atomic E-state index is 5.55. The summed E-state index contributed by atoms with van der Waals surface area (Å²) in [7, 11) is 0.